The van der Waals surface area contributed by atoms with Crippen LogP contribution in [0.2, 0.25) is 0 Å². The van der Waals surface area contributed by atoms with Crippen LogP contribution in [0.4, 0.5) is 8.78 Å². The van der Waals surface area contributed by atoms with E-state index in [9.17, 15) is 13.6 Å². The number of halogens is 2. The number of carbonyl (C=O) groups excluding carboxylic acids is 1. The van der Waals surface area contributed by atoms with Gasteiger partial charge in [0.05, 0.1) is 6.61 Å². The summed E-state index contributed by atoms with van der Waals surface area (Å²) < 4.78 is 34.5. The molecule has 2 fully saturated rings. The molecule has 2 saturated heterocycles. The van der Waals surface area contributed by atoms with Crippen molar-refractivity contribution < 1.29 is 18.3 Å². The Labute approximate surface area is 201 Å². The molecule has 7 heteroatoms. The Morgan fingerprint density at radius 3 is 2.44 bits per heavy atom. The van der Waals surface area contributed by atoms with Gasteiger partial charge in [0.2, 0.25) is 5.88 Å². The first kappa shape index (κ1) is 24.6. The van der Waals surface area contributed by atoms with Crippen molar-refractivity contribution in [2.75, 3.05) is 39.3 Å². The fraction of sp³-hybridized carbons (Fsp3) is 0.556. The van der Waals surface area contributed by atoms with Crippen molar-refractivity contribution >= 4 is 5.91 Å². The van der Waals surface area contributed by atoms with Crippen molar-refractivity contribution in [3.63, 3.8) is 0 Å². The number of rotatable bonds is 7. The molecule has 3 heterocycles. The Morgan fingerprint density at radius 2 is 1.82 bits per heavy atom. The van der Waals surface area contributed by atoms with E-state index in [4.69, 9.17) is 4.74 Å². The van der Waals surface area contributed by atoms with Gasteiger partial charge in [-0.2, -0.15) is 0 Å². The number of benzene rings is 1. The van der Waals surface area contributed by atoms with Crippen LogP contribution < -0.4 is 4.74 Å². The average Bonchev–Trinajstić information content (AvgIpc) is 2.83. The van der Waals surface area contributed by atoms with E-state index in [2.05, 4.69) is 9.88 Å². The average molecular weight is 472 g/mol. The summed E-state index contributed by atoms with van der Waals surface area (Å²) in [5.41, 5.74) is 0.274. The van der Waals surface area contributed by atoms with Gasteiger partial charge >= 0.3 is 0 Å². The first-order chi connectivity index (χ1) is 16.3. The number of ether oxygens (including phenoxy) is 1. The lowest BCUT2D eigenvalue weighted by Gasteiger charge is -2.34. The molecule has 2 aliphatic heterocycles. The van der Waals surface area contributed by atoms with E-state index in [1.54, 1.807) is 49.2 Å². The fourth-order valence-corrected chi connectivity index (χ4v) is 4.83. The molecule has 1 amide bonds. The largest absolute Gasteiger partial charge is 0.477 e. The lowest BCUT2D eigenvalue weighted by atomic mass is 9.97. The molecule has 4 rings (SSSR count). The number of likely N-dealkylation sites (tertiary alicyclic amines) is 2. The van der Waals surface area contributed by atoms with E-state index in [0.717, 1.165) is 58.3 Å². The molecule has 0 bridgehead atoms. The molecule has 2 aliphatic rings. The Hall–Kier alpha value is -2.54. The zero-order valence-electron chi connectivity index (χ0n) is 20.2. The van der Waals surface area contributed by atoms with Gasteiger partial charge in [-0.3, -0.25) is 4.79 Å². The molecule has 5 nitrogen and oxygen atoms in total. The Bertz CT molecular complexity index is 961. The molecule has 184 valence electrons. The minimum Gasteiger partial charge on any atom is -0.477 e. The predicted octanol–water partition coefficient (Wildman–Crippen LogP) is 5.35. The number of alkyl halides is 1. The fourth-order valence-electron chi connectivity index (χ4n) is 4.83. The second-order valence-electron chi connectivity index (χ2n) is 10.2. The van der Waals surface area contributed by atoms with Crippen molar-refractivity contribution in [2.24, 2.45) is 5.92 Å². The summed E-state index contributed by atoms with van der Waals surface area (Å²) in [6.45, 7) is 7.51. The number of hydrogen-bond donors (Lipinski definition) is 0. The molecule has 2 aromatic rings. The molecule has 0 unspecified atom stereocenters. The zero-order chi connectivity index (χ0) is 24.1. The monoisotopic (exact) mass is 471 g/mol. The smallest absolute Gasteiger partial charge is 0.253 e. The second-order valence-corrected chi connectivity index (χ2v) is 10.2. The highest BCUT2D eigenvalue weighted by atomic mass is 19.1. The maximum Gasteiger partial charge on any atom is 0.253 e. The Kier molecular flexibility index (Phi) is 7.81. The van der Waals surface area contributed by atoms with Crippen LogP contribution in [-0.4, -0.2) is 65.7 Å². The number of carbonyl (C=O) groups is 1. The summed E-state index contributed by atoms with van der Waals surface area (Å²) in [5, 5.41) is 0. The zero-order valence-corrected chi connectivity index (χ0v) is 20.2. The van der Waals surface area contributed by atoms with Gasteiger partial charge in [0.25, 0.3) is 5.91 Å². The highest BCUT2D eigenvalue weighted by molar-refractivity contribution is 5.94. The number of hydrogen-bond acceptors (Lipinski definition) is 4. The van der Waals surface area contributed by atoms with Gasteiger partial charge in [-0.25, -0.2) is 13.8 Å². The van der Waals surface area contributed by atoms with Gasteiger partial charge in [0.1, 0.15) is 11.5 Å². The summed E-state index contributed by atoms with van der Waals surface area (Å²) >= 11 is 0. The summed E-state index contributed by atoms with van der Waals surface area (Å²) in [6, 6.07) is 8.21. The van der Waals surface area contributed by atoms with Gasteiger partial charge in [0, 0.05) is 48.6 Å². The summed E-state index contributed by atoms with van der Waals surface area (Å²) in [6.07, 6.45) is 6.70. The van der Waals surface area contributed by atoms with Crippen LogP contribution >= 0.6 is 0 Å². The van der Waals surface area contributed by atoms with Crippen LogP contribution in [0, 0.1) is 11.7 Å². The lowest BCUT2D eigenvalue weighted by Crippen LogP contribution is -2.41. The lowest BCUT2D eigenvalue weighted by molar-refractivity contribution is 0.0723. The maximum absolute atomic E-state index is 14.8. The van der Waals surface area contributed by atoms with E-state index < -0.39 is 11.5 Å². The third kappa shape index (κ3) is 6.53. The number of nitrogens with zero attached hydrogens (tertiary/aromatic N) is 3. The minimum absolute atomic E-state index is 0.105. The summed E-state index contributed by atoms with van der Waals surface area (Å²) in [5.74, 6) is 0.393. The van der Waals surface area contributed by atoms with Crippen molar-refractivity contribution in [1.82, 2.24) is 14.8 Å². The standard InChI is InChI=1S/C27H35F2N3O2/c1-27(2,29)19-31-14-10-20(11-15-31)18-34-25-9-7-22(17-30-25)23-8-6-21(16-24(23)28)26(33)32-12-4-3-5-13-32/h6-9,16-17,20H,3-5,10-15,18-19H2,1-2H3. The molecule has 0 saturated carbocycles. The van der Waals surface area contributed by atoms with Crippen LogP contribution in [0.25, 0.3) is 11.1 Å². The molecule has 0 aliphatic carbocycles. The molecule has 1 aromatic carbocycles. The third-order valence-corrected chi connectivity index (χ3v) is 6.68. The van der Waals surface area contributed by atoms with E-state index in [1.165, 1.54) is 6.07 Å². The van der Waals surface area contributed by atoms with Crippen molar-refractivity contribution in [2.45, 2.75) is 51.6 Å². The highest BCUT2D eigenvalue weighted by Crippen LogP contribution is 2.26. The van der Waals surface area contributed by atoms with E-state index >= 15 is 0 Å². The number of aromatic nitrogens is 1. The summed E-state index contributed by atoms with van der Waals surface area (Å²) in [7, 11) is 0. The quantitative estimate of drug-likeness (QED) is 0.546. The van der Waals surface area contributed by atoms with Crippen LogP contribution in [0.3, 0.4) is 0 Å². The third-order valence-electron chi connectivity index (χ3n) is 6.68. The van der Waals surface area contributed by atoms with Crippen molar-refractivity contribution in [3.8, 4) is 17.0 Å². The molecule has 0 radical (unpaired) electrons. The van der Waals surface area contributed by atoms with E-state index in [-0.39, 0.29) is 5.91 Å². The van der Waals surface area contributed by atoms with Gasteiger partial charge in [-0.05, 0) is 83.2 Å². The first-order valence-electron chi connectivity index (χ1n) is 12.4. The molecule has 0 atom stereocenters. The topological polar surface area (TPSA) is 45.7 Å². The number of pyridine rings is 1. The van der Waals surface area contributed by atoms with Crippen LogP contribution in [0.15, 0.2) is 36.5 Å². The Balaban J connectivity index is 1.30. The van der Waals surface area contributed by atoms with E-state index in [1.807, 2.05) is 0 Å². The summed E-state index contributed by atoms with van der Waals surface area (Å²) in [4.78, 5) is 21.0. The predicted molar refractivity (Wildman–Crippen MR) is 129 cm³/mol. The molecule has 0 N–H and O–H groups in total. The van der Waals surface area contributed by atoms with Gasteiger partial charge in [-0.1, -0.05) is 6.07 Å². The van der Waals surface area contributed by atoms with Crippen LogP contribution in [0.1, 0.15) is 56.3 Å². The molecule has 1 aromatic heterocycles. The molecular formula is C27H35F2N3O2. The maximum atomic E-state index is 14.8. The molecule has 34 heavy (non-hydrogen) atoms. The number of amides is 1. The van der Waals surface area contributed by atoms with Crippen LogP contribution in [-0.2, 0) is 0 Å². The first-order valence-corrected chi connectivity index (χ1v) is 12.4. The van der Waals surface area contributed by atoms with Gasteiger partial charge in [0.15, 0.2) is 0 Å². The minimum atomic E-state index is -1.17. The van der Waals surface area contributed by atoms with Crippen LogP contribution in [0.5, 0.6) is 5.88 Å². The Morgan fingerprint density at radius 1 is 1.09 bits per heavy atom. The highest BCUT2D eigenvalue weighted by Gasteiger charge is 2.25. The SMILES string of the molecule is CC(C)(F)CN1CCC(COc2ccc(-c3ccc(C(=O)N4CCCCC4)cc3F)cn2)CC1. The van der Waals surface area contributed by atoms with E-state index in [0.29, 0.717) is 41.6 Å². The molecular weight excluding hydrogens is 436 g/mol. The second kappa shape index (κ2) is 10.8. The normalized spacial score (nSPS) is 18.2. The van der Waals surface area contributed by atoms with Gasteiger partial charge in [-0.15, -0.1) is 0 Å². The number of piperidine rings is 2. The van der Waals surface area contributed by atoms with Crippen molar-refractivity contribution in [3.05, 3.63) is 47.9 Å². The van der Waals surface area contributed by atoms with Crippen molar-refractivity contribution in [1.29, 1.82) is 0 Å². The molecule has 0 spiro atoms. The van der Waals surface area contributed by atoms with Gasteiger partial charge < -0.3 is 14.5 Å².